The van der Waals surface area contributed by atoms with Gasteiger partial charge in [-0.15, -0.1) is 0 Å². The van der Waals surface area contributed by atoms with Crippen LogP contribution < -0.4 is 20.4 Å². The summed E-state index contributed by atoms with van der Waals surface area (Å²) in [5, 5.41) is 0.689. The molecule has 0 amide bonds. The van der Waals surface area contributed by atoms with Crippen molar-refractivity contribution in [1.29, 1.82) is 0 Å². The van der Waals surface area contributed by atoms with Gasteiger partial charge in [-0.05, 0) is 52.7 Å². The summed E-state index contributed by atoms with van der Waals surface area (Å²) >= 11 is 6.24. The second kappa shape index (κ2) is 5.18. The number of hydrogen-bond acceptors (Lipinski definition) is 2. The number of benzene rings is 3. The van der Waals surface area contributed by atoms with Crippen LogP contribution in [0.5, 0.6) is 17.2 Å². The highest BCUT2D eigenvalue weighted by Crippen LogP contribution is 2.42. The van der Waals surface area contributed by atoms with E-state index in [2.05, 4.69) is 30.3 Å². The monoisotopic (exact) mass is 356 g/mol. The van der Waals surface area contributed by atoms with Gasteiger partial charge in [0.15, 0.2) is 0 Å². The van der Waals surface area contributed by atoms with E-state index in [9.17, 15) is 0 Å². The Bertz CT molecular complexity index is 1120. The molecule has 0 bridgehead atoms. The van der Waals surface area contributed by atoms with Crippen LogP contribution in [0.1, 0.15) is 17.5 Å². The summed E-state index contributed by atoms with van der Waals surface area (Å²) in [4.78, 5) is 0. The quantitative estimate of drug-likeness (QED) is 0.558. The Kier molecular flexibility index (Phi) is 2.89. The maximum atomic E-state index is 6.35. The molecule has 0 saturated carbocycles. The number of halogens is 1. The molecule has 6 rings (SSSR count). The van der Waals surface area contributed by atoms with E-state index in [0.717, 1.165) is 46.8 Å². The fourth-order valence-corrected chi connectivity index (χ4v) is 4.65. The number of hydrogen-bond donors (Lipinski definition) is 0. The molecule has 0 saturated heterocycles. The second-order valence-corrected chi connectivity index (χ2v) is 7.42. The SMILES string of the molecule is Clc1ccc2c(c1)Oc1cccc3c1B2C1=C(CCc2ccccc21)O3. The largest absolute Gasteiger partial charge is 0.463 e. The zero-order valence-electron chi connectivity index (χ0n) is 14.0. The van der Waals surface area contributed by atoms with Gasteiger partial charge in [-0.25, -0.2) is 0 Å². The highest BCUT2D eigenvalue weighted by atomic mass is 35.5. The first kappa shape index (κ1) is 14.5. The van der Waals surface area contributed by atoms with E-state index >= 15 is 0 Å². The molecule has 2 heterocycles. The Morgan fingerprint density at radius 2 is 1.65 bits per heavy atom. The molecule has 2 nitrogen and oxygen atoms in total. The van der Waals surface area contributed by atoms with Crippen molar-refractivity contribution in [2.45, 2.75) is 12.8 Å². The number of rotatable bonds is 0. The Labute approximate surface area is 157 Å². The van der Waals surface area contributed by atoms with Crippen molar-refractivity contribution in [3.8, 4) is 17.2 Å². The molecule has 0 aromatic heterocycles. The minimum atomic E-state index is 0.118. The van der Waals surface area contributed by atoms with Gasteiger partial charge in [-0.2, -0.15) is 0 Å². The van der Waals surface area contributed by atoms with Gasteiger partial charge in [0.2, 0.25) is 0 Å². The van der Waals surface area contributed by atoms with Crippen LogP contribution in [0.2, 0.25) is 5.02 Å². The molecule has 0 spiro atoms. The summed E-state index contributed by atoms with van der Waals surface area (Å²) in [6.07, 6.45) is 1.94. The van der Waals surface area contributed by atoms with Crippen LogP contribution in [0.3, 0.4) is 0 Å². The van der Waals surface area contributed by atoms with E-state index in [-0.39, 0.29) is 6.71 Å². The molecule has 3 aliphatic rings. The standard InChI is InChI=1S/C22H14BClO2/c24-14-9-10-16-20(12-14)26-18-7-3-6-17-22(18)23(16)21-15-5-2-1-4-13(15)8-11-19(21)25-17/h1-7,9-10,12H,8,11H2. The Hall–Kier alpha value is -2.65. The molecule has 3 aromatic carbocycles. The average Bonchev–Trinajstić information content (AvgIpc) is 2.67. The third kappa shape index (κ3) is 1.89. The van der Waals surface area contributed by atoms with Crippen LogP contribution in [0.15, 0.2) is 66.4 Å². The van der Waals surface area contributed by atoms with Gasteiger partial charge in [-0.1, -0.05) is 48.0 Å². The van der Waals surface area contributed by atoms with Crippen molar-refractivity contribution in [1.82, 2.24) is 0 Å². The Morgan fingerprint density at radius 3 is 2.58 bits per heavy atom. The van der Waals surface area contributed by atoms with E-state index in [0.29, 0.717) is 5.02 Å². The van der Waals surface area contributed by atoms with Crippen LogP contribution in [0.25, 0.3) is 5.47 Å². The fourth-order valence-electron chi connectivity index (χ4n) is 4.48. The minimum Gasteiger partial charge on any atom is -0.463 e. The highest BCUT2D eigenvalue weighted by Gasteiger charge is 2.43. The molecule has 2 aliphatic heterocycles. The van der Waals surface area contributed by atoms with E-state index < -0.39 is 0 Å². The first-order valence-electron chi connectivity index (χ1n) is 8.89. The molecular weight excluding hydrogens is 343 g/mol. The van der Waals surface area contributed by atoms with Gasteiger partial charge in [0.05, 0.1) is 0 Å². The van der Waals surface area contributed by atoms with Crippen LogP contribution in [0.4, 0.5) is 0 Å². The zero-order valence-corrected chi connectivity index (χ0v) is 14.7. The fraction of sp³-hybridized carbons (Fsp3) is 0.0909. The molecule has 1 aliphatic carbocycles. The maximum Gasteiger partial charge on any atom is 0.261 e. The van der Waals surface area contributed by atoms with E-state index in [1.165, 1.54) is 16.6 Å². The van der Waals surface area contributed by atoms with Gasteiger partial charge < -0.3 is 9.47 Å². The summed E-state index contributed by atoms with van der Waals surface area (Å²) in [5.74, 6) is 3.69. The number of aryl methyl sites for hydroxylation is 1. The molecule has 0 fully saturated rings. The third-order valence-corrected chi connectivity index (χ3v) is 5.81. The van der Waals surface area contributed by atoms with Crippen molar-refractivity contribution in [3.05, 3.63) is 82.6 Å². The van der Waals surface area contributed by atoms with Gasteiger partial charge in [0.25, 0.3) is 6.71 Å². The van der Waals surface area contributed by atoms with Crippen LogP contribution in [-0.2, 0) is 6.42 Å². The van der Waals surface area contributed by atoms with Gasteiger partial charge in [-0.3, -0.25) is 0 Å². The lowest BCUT2D eigenvalue weighted by molar-refractivity contribution is 0.401. The number of allylic oxidation sites excluding steroid dienone is 1. The van der Waals surface area contributed by atoms with Crippen LogP contribution in [0, 0.1) is 0 Å². The van der Waals surface area contributed by atoms with Crippen molar-refractivity contribution >= 4 is 34.7 Å². The van der Waals surface area contributed by atoms with Crippen molar-refractivity contribution < 1.29 is 9.47 Å². The third-order valence-electron chi connectivity index (χ3n) is 5.57. The first-order valence-corrected chi connectivity index (χ1v) is 9.27. The maximum absolute atomic E-state index is 6.35. The average molecular weight is 357 g/mol. The summed E-state index contributed by atoms with van der Waals surface area (Å²) in [5.41, 5.74) is 6.23. The molecule has 4 heteroatoms. The van der Waals surface area contributed by atoms with Crippen molar-refractivity contribution in [3.63, 3.8) is 0 Å². The van der Waals surface area contributed by atoms with Crippen molar-refractivity contribution in [2.75, 3.05) is 0 Å². The van der Waals surface area contributed by atoms with Crippen LogP contribution in [-0.4, -0.2) is 6.71 Å². The van der Waals surface area contributed by atoms with Gasteiger partial charge >= 0.3 is 0 Å². The number of fused-ring (bicyclic) bond motifs is 5. The molecule has 124 valence electrons. The molecule has 0 atom stereocenters. The predicted octanol–water partition coefficient (Wildman–Crippen LogP) is 4.34. The smallest absolute Gasteiger partial charge is 0.261 e. The molecule has 3 aromatic rings. The van der Waals surface area contributed by atoms with Gasteiger partial charge in [0.1, 0.15) is 23.0 Å². The zero-order chi connectivity index (χ0) is 17.3. The summed E-state index contributed by atoms with van der Waals surface area (Å²) in [6, 6.07) is 20.7. The Morgan fingerprint density at radius 1 is 0.808 bits per heavy atom. The van der Waals surface area contributed by atoms with E-state index in [1.807, 2.05) is 30.3 Å². The van der Waals surface area contributed by atoms with Gasteiger partial charge in [0, 0.05) is 16.9 Å². The minimum absolute atomic E-state index is 0.118. The normalized spacial score (nSPS) is 16.0. The molecule has 0 N–H and O–H groups in total. The molecule has 0 radical (unpaired) electrons. The first-order chi connectivity index (χ1) is 12.8. The molecule has 26 heavy (non-hydrogen) atoms. The second-order valence-electron chi connectivity index (χ2n) is 6.98. The summed E-state index contributed by atoms with van der Waals surface area (Å²) in [6.45, 7) is 0.118. The van der Waals surface area contributed by atoms with Crippen LogP contribution >= 0.6 is 11.6 Å². The lowest BCUT2D eigenvalue weighted by atomic mass is 9.33. The number of ether oxygens (including phenoxy) is 2. The summed E-state index contributed by atoms with van der Waals surface area (Å²) in [7, 11) is 0. The lowest BCUT2D eigenvalue weighted by Crippen LogP contribution is -2.51. The summed E-state index contributed by atoms with van der Waals surface area (Å²) < 4.78 is 12.5. The lowest BCUT2D eigenvalue weighted by Gasteiger charge is -2.37. The molecular formula is C22H14BClO2. The Balaban J connectivity index is 1.68. The van der Waals surface area contributed by atoms with E-state index in [4.69, 9.17) is 21.1 Å². The topological polar surface area (TPSA) is 18.5 Å². The van der Waals surface area contributed by atoms with E-state index in [1.54, 1.807) is 0 Å². The van der Waals surface area contributed by atoms with Crippen molar-refractivity contribution in [2.24, 2.45) is 0 Å². The highest BCUT2D eigenvalue weighted by molar-refractivity contribution is 7.01. The predicted molar refractivity (Wildman–Crippen MR) is 105 cm³/mol. The molecule has 0 unspecified atom stereocenters.